The number of nitrogens with one attached hydrogen (secondary N) is 1. The minimum Gasteiger partial charge on any atom is -0.449 e. The molecule has 0 aliphatic carbocycles. The predicted octanol–water partition coefficient (Wildman–Crippen LogP) is 5.34. The Balaban J connectivity index is 1.91. The van der Waals surface area contributed by atoms with Gasteiger partial charge in [-0.1, -0.05) is 51.1 Å². The average molecular weight is 395 g/mol. The zero-order chi connectivity index (χ0) is 21.0. The van der Waals surface area contributed by atoms with Crippen LogP contribution < -0.4 is 10.2 Å². The first-order valence-electron chi connectivity index (χ1n) is 10.2. The van der Waals surface area contributed by atoms with Crippen molar-refractivity contribution in [2.75, 3.05) is 23.4 Å². The van der Waals surface area contributed by atoms with Gasteiger partial charge in [-0.25, -0.2) is 4.79 Å². The molecule has 0 saturated heterocycles. The first-order valence-corrected chi connectivity index (χ1v) is 10.2. The van der Waals surface area contributed by atoms with Crippen LogP contribution in [-0.4, -0.2) is 25.2 Å². The lowest BCUT2D eigenvalue weighted by atomic mass is 9.71. The Bertz CT molecular complexity index is 879. The van der Waals surface area contributed by atoms with Gasteiger partial charge in [-0.15, -0.1) is 0 Å². The fourth-order valence-corrected chi connectivity index (χ4v) is 3.86. The summed E-state index contributed by atoms with van der Waals surface area (Å²) in [5.41, 5.74) is 3.55. The lowest BCUT2D eigenvalue weighted by molar-refractivity contribution is -0.116. The number of carbonyl (C=O) groups is 2. The van der Waals surface area contributed by atoms with Crippen LogP contribution in [0.15, 0.2) is 48.5 Å². The summed E-state index contributed by atoms with van der Waals surface area (Å²) in [6, 6.07) is 16.0. The summed E-state index contributed by atoms with van der Waals surface area (Å²) in [6.45, 7) is 9.04. The van der Waals surface area contributed by atoms with Gasteiger partial charge in [-0.2, -0.15) is 0 Å². The zero-order valence-electron chi connectivity index (χ0n) is 17.7. The minimum absolute atomic E-state index is 0.0233. The number of nitrogens with zero attached hydrogens (tertiary/aromatic N) is 1. The van der Waals surface area contributed by atoms with E-state index in [2.05, 4.69) is 38.2 Å². The molecule has 1 aliphatic rings. The van der Waals surface area contributed by atoms with Gasteiger partial charge in [0.25, 0.3) is 0 Å². The number of amides is 2. The number of carbonyl (C=O) groups excluding carboxylic acids is 2. The predicted molar refractivity (Wildman–Crippen MR) is 116 cm³/mol. The van der Waals surface area contributed by atoms with Crippen LogP contribution >= 0.6 is 0 Å². The van der Waals surface area contributed by atoms with E-state index < -0.39 is 6.09 Å². The first kappa shape index (κ1) is 20.9. The molecule has 0 saturated carbocycles. The van der Waals surface area contributed by atoms with E-state index in [1.807, 2.05) is 41.3 Å². The number of fused-ring (bicyclic) bond motifs is 1. The summed E-state index contributed by atoms with van der Waals surface area (Å²) in [5.74, 6) is 0.505. The number of hydrogen-bond donors (Lipinski definition) is 1. The number of benzene rings is 2. The third-order valence-electron chi connectivity index (χ3n) is 5.68. The molecule has 3 rings (SSSR count). The number of anilines is 2. The van der Waals surface area contributed by atoms with Gasteiger partial charge in [0.2, 0.25) is 5.91 Å². The highest BCUT2D eigenvalue weighted by molar-refractivity contribution is 5.94. The zero-order valence-corrected chi connectivity index (χ0v) is 17.7. The molecular weight excluding hydrogens is 364 g/mol. The topological polar surface area (TPSA) is 58.6 Å². The van der Waals surface area contributed by atoms with E-state index in [0.717, 1.165) is 24.1 Å². The smallest absolute Gasteiger partial charge is 0.411 e. The largest absolute Gasteiger partial charge is 0.449 e. The van der Waals surface area contributed by atoms with Crippen molar-refractivity contribution in [1.82, 2.24) is 0 Å². The van der Waals surface area contributed by atoms with Crippen LogP contribution in [0.2, 0.25) is 0 Å². The second-order valence-corrected chi connectivity index (χ2v) is 8.29. The van der Waals surface area contributed by atoms with Crippen LogP contribution in [0, 0.1) is 5.92 Å². The molecule has 0 aromatic heterocycles. The lowest BCUT2D eigenvalue weighted by Gasteiger charge is -2.41. The summed E-state index contributed by atoms with van der Waals surface area (Å²) in [6.07, 6.45) is 1.19. The summed E-state index contributed by atoms with van der Waals surface area (Å²) in [4.78, 5) is 26.2. The lowest BCUT2D eigenvalue weighted by Crippen LogP contribution is -2.41. The fourth-order valence-electron chi connectivity index (χ4n) is 3.86. The maximum absolute atomic E-state index is 12.2. The highest BCUT2D eigenvalue weighted by Crippen LogP contribution is 2.45. The first-order chi connectivity index (χ1) is 13.8. The van der Waals surface area contributed by atoms with Crippen LogP contribution in [0.3, 0.4) is 0 Å². The molecule has 1 atom stereocenters. The number of hydrogen-bond acceptors (Lipinski definition) is 3. The molecule has 1 unspecified atom stereocenters. The van der Waals surface area contributed by atoms with Crippen molar-refractivity contribution in [3.63, 3.8) is 0 Å². The van der Waals surface area contributed by atoms with E-state index in [-0.39, 0.29) is 11.3 Å². The Morgan fingerprint density at radius 1 is 1.17 bits per heavy atom. The summed E-state index contributed by atoms with van der Waals surface area (Å²) < 4.78 is 5.28. The van der Waals surface area contributed by atoms with E-state index in [9.17, 15) is 9.59 Å². The van der Waals surface area contributed by atoms with Gasteiger partial charge in [-0.05, 0) is 48.1 Å². The molecule has 1 aliphatic heterocycles. The molecule has 0 radical (unpaired) electrons. The van der Waals surface area contributed by atoms with Crippen molar-refractivity contribution in [2.45, 2.75) is 46.0 Å². The summed E-state index contributed by atoms with van der Waals surface area (Å²) in [7, 11) is 0. The molecule has 5 heteroatoms. The van der Waals surface area contributed by atoms with Crippen LogP contribution in [0.4, 0.5) is 16.2 Å². The van der Waals surface area contributed by atoms with Gasteiger partial charge in [0.15, 0.2) is 0 Å². The molecule has 2 aromatic rings. The van der Waals surface area contributed by atoms with E-state index >= 15 is 0 Å². The van der Waals surface area contributed by atoms with E-state index in [1.54, 1.807) is 6.92 Å². The van der Waals surface area contributed by atoms with Crippen molar-refractivity contribution < 1.29 is 14.3 Å². The second kappa shape index (κ2) is 8.68. The van der Waals surface area contributed by atoms with Crippen LogP contribution in [-0.2, 0) is 14.9 Å². The second-order valence-electron chi connectivity index (χ2n) is 8.29. The Labute approximate surface area is 173 Å². The third-order valence-corrected chi connectivity index (χ3v) is 5.68. The normalized spacial score (nSPS) is 18.3. The standard InChI is InChI=1S/C24H30N2O3/c1-17(2)12-15-29-23(28)25-20-10-11-22-21(16-20)24(4,13-14-26(22)18(3)27)19-8-6-5-7-9-19/h5-11,16-17H,12-15H2,1-4H3,(H,25,28). The highest BCUT2D eigenvalue weighted by atomic mass is 16.5. The molecule has 154 valence electrons. The van der Waals surface area contributed by atoms with Gasteiger partial charge in [0, 0.05) is 30.3 Å². The molecule has 2 amide bonds. The molecule has 0 fully saturated rings. The van der Waals surface area contributed by atoms with E-state index in [1.165, 1.54) is 5.56 Å². The van der Waals surface area contributed by atoms with Gasteiger partial charge in [0.05, 0.1) is 6.61 Å². The number of ether oxygens (including phenoxy) is 1. The molecule has 5 nitrogen and oxygen atoms in total. The molecular formula is C24H30N2O3. The van der Waals surface area contributed by atoms with E-state index in [0.29, 0.717) is 24.8 Å². The van der Waals surface area contributed by atoms with Crippen molar-refractivity contribution in [3.8, 4) is 0 Å². The Hall–Kier alpha value is -2.82. The monoisotopic (exact) mass is 394 g/mol. The van der Waals surface area contributed by atoms with Crippen molar-refractivity contribution in [3.05, 3.63) is 59.7 Å². The fraction of sp³-hybridized carbons (Fsp3) is 0.417. The Morgan fingerprint density at radius 2 is 1.90 bits per heavy atom. The van der Waals surface area contributed by atoms with E-state index in [4.69, 9.17) is 4.74 Å². The van der Waals surface area contributed by atoms with Crippen LogP contribution in [0.25, 0.3) is 0 Å². The maximum atomic E-state index is 12.2. The summed E-state index contributed by atoms with van der Waals surface area (Å²) in [5, 5.41) is 2.83. The molecule has 0 spiro atoms. The third kappa shape index (κ3) is 4.61. The molecule has 29 heavy (non-hydrogen) atoms. The number of rotatable bonds is 5. The summed E-state index contributed by atoms with van der Waals surface area (Å²) >= 11 is 0. The molecule has 1 heterocycles. The van der Waals surface area contributed by atoms with Gasteiger partial charge < -0.3 is 9.64 Å². The van der Waals surface area contributed by atoms with Gasteiger partial charge in [0.1, 0.15) is 0 Å². The minimum atomic E-state index is -0.453. The quantitative estimate of drug-likeness (QED) is 0.744. The van der Waals surface area contributed by atoms with Crippen molar-refractivity contribution in [2.24, 2.45) is 5.92 Å². The van der Waals surface area contributed by atoms with Crippen LogP contribution in [0.5, 0.6) is 0 Å². The molecule has 0 bridgehead atoms. The van der Waals surface area contributed by atoms with Crippen LogP contribution in [0.1, 0.15) is 51.7 Å². The maximum Gasteiger partial charge on any atom is 0.411 e. The highest BCUT2D eigenvalue weighted by Gasteiger charge is 2.37. The van der Waals surface area contributed by atoms with Gasteiger partial charge >= 0.3 is 6.09 Å². The molecule has 2 aromatic carbocycles. The average Bonchev–Trinajstić information content (AvgIpc) is 2.68. The SMILES string of the molecule is CC(=O)N1CCC(C)(c2ccccc2)c2cc(NC(=O)OCCC(C)C)ccc21. The van der Waals surface area contributed by atoms with Gasteiger partial charge in [-0.3, -0.25) is 10.1 Å². The molecule has 1 N–H and O–H groups in total. The van der Waals surface area contributed by atoms with Crippen molar-refractivity contribution >= 4 is 23.4 Å². The Kier molecular flexibility index (Phi) is 6.26. The van der Waals surface area contributed by atoms with Crippen molar-refractivity contribution in [1.29, 1.82) is 0 Å². The Morgan fingerprint density at radius 3 is 2.55 bits per heavy atom.